The number of nitrogens with zero attached hydrogens (tertiary/aromatic N) is 4. The van der Waals surface area contributed by atoms with Crippen LogP contribution in [0.15, 0.2) is 30.3 Å². The lowest BCUT2D eigenvalue weighted by atomic mass is 10.1. The Bertz CT molecular complexity index is 1220. The topological polar surface area (TPSA) is 131 Å². The van der Waals surface area contributed by atoms with Gasteiger partial charge in [-0.1, -0.05) is 29.8 Å². The molecule has 216 valence electrons. The van der Waals surface area contributed by atoms with Crippen molar-refractivity contribution in [3.05, 3.63) is 47.3 Å². The maximum absolute atomic E-state index is 13.5. The van der Waals surface area contributed by atoms with Gasteiger partial charge in [0.1, 0.15) is 17.3 Å². The smallest absolute Gasteiger partial charge is 0.409 e. The van der Waals surface area contributed by atoms with E-state index in [2.05, 4.69) is 15.3 Å². The average Bonchev–Trinajstić information content (AvgIpc) is 2.89. The molecule has 2 aromatic rings. The Hall–Kier alpha value is -4.02. The molecule has 1 saturated heterocycles. The van der Waals surface area contributed by atoms with Crippen LogP contribution in [0.5, 0.6) is 0 Å². The molecule has 11 heteroatoms. The van der Waals surface area contributed by atoms with Gasteiger partial charge in [-0.15, -0.1) is 0 Å². The second-order valence-corrected chi connectivity index (χ2v) is 10.7. The van der Waals surface area contributed by atoms with E-state index in [1.807, 2.05) is 31.2 Å². The van der Waals surface area contributed by atoms with E-state index in [4.69, 9.17) is 9.47 Å². The lowest BCUT2D eigenvalue weighted by Gasteiger charge is -2.36. The van der Waals surface area contributed by atoms with Gasteiger partial charge in [-0.3, -0.25) is 14.4 Å². The zero-order chi connectivity index (χ0) is 29.4. The molecule has 0 aliphatic carbocycles. The summed E-state index contributed by atoms with van der Waals surface area (Å²) in [6, 6.07) is 8.21. The third-order valence-corrected chi connectivity index (χ3v) is 6.17. The molecule has 0 saturated carbocycles. The summed E-state index contributed by atoms with van der Waals surface area (Å²) in [5, 5.41) is 2.78. The second kappa shape index (κ2) is 13.4. The third-order valence-electron chi connectivity index (χ3n) is 6.17. The van der Waals surface area contributed by atoms with Gasteiger partial charge in [0.25, 0.3) is 5.91 Å². The summed E-state index contributed by atoms with van der Waals surface area (Å²) in [4.78, 5) is 63.4. The molecule has 1 atom stereocenters. The van der Waals surface area contributed by atoms with E-state index in [0.29, 0.717) is 24.6 Å². The van der Waals surface area contributed by atoms with Crippen molar-refractivity contribution < 1.29 is 28.7 Å². The number of hydrogen-bond donors (Lipinski definition) is 1. The number of rotatable bonds is 8. The van der Waals surface area contributed by atoms with Crippen molar-refractivity contribution in [1.29, 1.82) is 0 Å². The van der Waals surface area contributed by atoms with Crippen LogP contribution >= 0.6 is 0 Å². The largest absolute Gasteiger partial charge is 0.460 e. The number of aryl methyl sites for hydroxylation is 2. The van der Waals surface area contributed by atoms with E-state index in [9.17, 15) is 19.2 Å². The van der Waals surface area contributed by atoms with E-state index in [0.717, 1.165) is 11.1 Å². The molecule has 2 heterocycles. The summed E-state index contributed by atoms with van der Waals surface area (Å²) in [5.74, 6) is -0.959. The van der Waals surface area contributed by atoms with Crippen molar-refractivity contribution in [2.45, 2.75) is 66.0 Å². The number of nitrogens with one attached hydrogen (secondary N) is 1. The number of amides is 3. The van der Waals surface area contributed by atoms with Gasteiger partial charge in [-0.25, -0.2) is 14.8 Å². The molecular formula is C29H39N5O6. The van der Waals surface area contributed by atoms with Gasteiger partial charge in [-0.05, 0) is 54.0 Å². The van der Waals surface area contributed by atoms with Gasteiger partial charge < -0.3 is 24.6 Å². The number of esters is 1. The van der Waals surface area contributed by atoms with Gasteiger partial charge >= 0.3 is 12.1 Å². The van der Waals surface area contributed by atoms with Crippen molar-refractivity contribution in [3.8, 4) is 11.4 Å². The molecule has 1 aliphatic heterocycles. The van der Waals surface area contributed by atoms with Crippen LogP contribution in [0.2, 0.25) is 0 Å². The first kappa shape index (κ1) is 30.5. The van der Waals surface area contributed by atoms with Gasteiger partial charge in [0.2, 0.25) is 5.91 Å². The lowest BCUT2D eigenvalue weighted by molar-refractivity contribution is -0.155. The molecule has 3 amide bonds. The summed E-state index contributed by atoms with van der Waals surface area (Å²) < 4.78 is 10.5. The molecular weight excluding hydrogens is 514 g/mol. The summed E-state index contributed by atoms with van der Waals surface area (Å²) in [6.45, 7) is 12.2. The molecule has 1 aliphatic rings. The second-order valence-electron chi connectivity index (χ2n) is 10.7. The van der Waals surface area contributed by atoms with Crippen LogP contribution in [0.3, 0.4) is 0 Å². The van der Waals surface area contributed by atoms with Crippen molar-refractivity contribution in [2.24, 2.45) is 0 Å². The molecule has 0 radical (unpaired) electrons. The molecule has 11 nitrogen and oxygen atoms in total. The van der Waals surface area contributed by atoms with Crippen molar-refractivity contribution in [2.75, 3.05) is 32.8 Å². The molecule has 40 heavy (non-hydrogen) atoms. The van der Waals surface area contributed by atoms with Crippen molar-refractivity contribution in [1.82, 2.24) is 25.1 Å². The van der Waals surface area contributed by atoms with Crippen LogP contribution in [0.25, 0.3) is 11.4 Å². The summed E-state index contributed by atoms with van der Waals surface area (Å²) in [5.41, 5.74) is 1.89. The lowest BCUT2D eigenvalue weighted by Crippen LogP contribution is -2.56. The standard InChI is InChI=1S/C29H39N5O6/c1-7-39-28(38)34-16-14-33(15-17-34)27(37)22(12-13-24(35)40-29(4,5)6)32-26(36)23-18-20(3)30-25(31-23)21-10-8-19(2)9-11-21/h8-11,18,22H,7,12-17H2,1-6H3,(H,32,36)/t22-/m0/s1. The highest BCUT2D eigenvalue weighted by molar-refractivity contribution is 5.96. The fraction of sp³-hybridized carbons (Fsp3) is 0.517. The van der Waals surface area contributed by atoms with Crippen LogP contribution in [-0.2, 0) is 19.1 Å². The van der Waals surface area contributed by atoms with Gasteiger partial charge in [0.15, 0.2) is 5.82 Å². The van der Waals surface area contributed by atoms with E-state index in [-0.39, 0.29) is 44.1 Å². The minimum absolute atomic E-state index is 0.0481. The van der Waals surface area contributed by atoms with Crippen molar-refractivity contribution in [3.63, 3.8) is 0 Å². The minimum atomic E-state index is -0.993. The molecule has 1 aromatic carbocycles. The highest BCUT2D eigenvalue weighted by Gasteiger charge is 2.32. The average molecular weight is 554 g/mol. The van der Waals surface area contributed by atoms with E-state index in [1.54, 1.807) is 45.6 Å². The number of ether oxygens (including phenoxy) is 2. The quantitative estimate of drug-likeness (QED) is 0.493. The Balaban J connectivity index is 1.77. The molecule has 1 aromatic heterocycles. The molecule has 3 rings (SSSR count). The first-order valence-corrected chi connectivity index (χ1v) is 13.5. The van der Waals surface area contributed by atoms with E-state index in [1.165, 1.54) is 4.90 Å². The Morgan fingerprint density at radius 3 is 2.20 bits per heavy atom. The minimum Gasteiger partial charge on any atom is -0.460 e. The van der Waals surface area contributed by atoms with Crippen LogP contribution < -0.4 is 5.32 Å². The van der Waals surface area contributed by atoms with Crippen molar-refractivity contribution >= 4 is 23.9 Å². The zero-order valence-electron chi connectivity index (χ0n) is 24.2. The number of piperazine rings is 1. The third kappa shape index (κ3) is 8.75. The predicted molar refractivity (Wildman–Crippen MR) is 148 cm³/mol. The first-order valence-electron chi connectivity index (χ1n) is 13.5. The fourth-order valence-corrected chi connectivity index (χ4v) is 4.21. The number of hydrogen-bond acceptors (Lipinski definition) is 8. The summed E-state index contributed by atoms with van der Waals surface area (Å²) >= 11 is 0. The Labute approximate surface area is 235 Å². The fourth-order valence-electron chi connectivity index (χ4n) is 4.21. The molecule has 0 spiro atoms. The molecule has 1 N–H and O–H groups in total. The highest BCUT2D eigenvalue weighted by Crippen LogP contribution is 2.18. The summed E-state index contributed by atoms with van der Waals surface area (Å²) in [7, 11) is 0. The number of aromatic nitrogens is 2. The number of benzene rings is 1. The van der Waals surface area contributed by atoms with Crippen LogP contribution in [0.4, 0.5) is 4.79 Å². The number of carbonyl (C=O) groups is 4. The van der Waals surface area contributed by atoms with Crippen LogP contribution in [-0.4, -0.2) is 88.1 Å². The summed E-state index contributed by atoms with van der Waals surface area (Å²) in [6.07, 6.45) is -0.437. The van der Waals surface area contributed by atoms with E-state index < -0.39 is 29.6 Å². The van der Waals surface area contributed by atoms with Crippen LogP contribution in [0.1, 0.15) is 62.3 Å². The first-order chi connectivity index (χ1) is 18.9. The molecule has 0 unspecified atom stereocenters. The Morgan fingerprint density at radius 1 is 0.975 bits per heavy atom. The molecule has 1 fully saturated rings. The Kier molecular flexibility index (Phi) is 10.2. The van der Waals surface area contributed by atoms with Gasteiger partial charge in [0, 0.05) is 43.9 Å². The molecule has 0 bridgehead atoms. The predicted octanol–water partition coefficient (Wildman–Crippen LogP) is 3.28. The van der Waals surface area contributed by atoms with Gasteiger partial charge in [-0.2, -0.15) is 0 Å². The van der Waals surface area contributed by atoms with Gasteiger partial charge in [0.05, 0.1) is 6.61 Å². The highest BCUT2D eigenvalue weighted by atomic mass is 16.6. The monoisotopic (exact) mass is 553 g/mol. The maximum Gasteiger partial charge on any atom is 0.409 e. The maximum atomic E-state index is 13.5. The SMILES string of the molecule is CCOC(=O)N1CCN(C(=O)[C@H](CCC(=O)OC(C)(C)C)NC(=O)c2cc(C)nc(-c3ccc(C)cc3)n2)CC1. The van der Waals surface area contributed by atoms with E-state index >= 15 is 0 Å². The number of carbonyl (C=O) groups excluding carboxylic acids is 4. The zero-order valence-corrected chi connectivity index (χ0v) is 24.2. The Morgan fingerprint density at radius 2 is 1.60 bits per heavy atom. The normalized spacial score (nSPS) is 14.3. The van der Waals surface area contributed by atoms with Crippen LogP contribution in [0, 0.1) is 13.8 Å².